The van der Waals surface area contributed by atoms with Crippen LogP contribution in [0.1, 0.15) is 56.3 Å². The molecule has 1 aromatic rings. The van der Waals surface area contributed by atoms with E-state index >= 15 is 0 Å². The normalized spacial score (nSPS) is 29.4. The van der Waals surface area contributed by atoms with Crippen LogP contribution in [-0.4, -0.2) is 78.5 Å². The third-order valence-electron chi connectivity index (χ3n) is 7.79. The van der Waals surface area contributed by atoms with Crippen LogP contribution in [0.2, 0.25) is 0 Å². The Morgan fingerprint density at radius 2 is 1.97 bits per heavy atom. The number of nitrogens with one attached hydrogen (secondary N) is 2. The molecule has 10 heteroatoms. The number of anilines is 1. The highest BCUT2D eigenvalue weighted by Gasteiger charge is 2.55. The first-order chi connectivity index (χ1) is 16.5. The number of alkyl carbamates (subject to hydrolysis) is 1. The molecule has 2 unspecified atom stereocenters. The lowest BCUT2D eigenvalue weighted by atomic mass is 9.52. The minimum absolute atomic E-state index is 0.0820. The summed E-state index contributed by atoms with van der Waals surface area (Å²) in [6.45, 7) is 4.75. The predicted octanol–water partition coefficient (Wildman–Crippen LogP) is 2.24. The number of ether oxygens (including phenoxy) is 2. The number of carbonyl (C=O) groups is 2. The van der Waals surface area contributed by atoms with Gasteiger partial charge in [-0.15, -0.1) is 0 Å². The Kier molecular flexibility index (Phi) is 7.15. The molecule has 35 heavy (non-hydrogen) atoms. The Morgan fingerprint density at radius 1 is 1.29 bits per heavy atom. The molecule has 1 aromatic heterocycles. The van der Waals surface area contributed by atoms with Crippen molar-refractivity contribution in [1.82, 2.24) is 20.4 Å². The summed E-state index contributed by atoms with van der Waals surface area (Å²) in [5.74, 6) is 1.72. The molecule has 0 saturated heterocycles. The van der Waals surface area contributed by atoms with Gasteiger partial charge < -0.3 is 30.1 Å². The van der Waals surface area contributed by atoms with Crippen molar-refractivity contribution in [2.45, 2.75) is 63.1 Å². The predicted molar refractivity (Wildman–Crippen MR) is 132 cm³/mol. The number of hydrogen-bond donors (Lipinski definition) is 3. The fraction of sp³-hybridized carbons (Fsp3) is 0.720. The van der Waals surface area contributed by atoms with Gasteiger partial charge in [-0.1, -0.05) is 0 Å². The summed E-state index contributed by atoms with van der Waals surface area (Å²) in [4.78, 5) is 27.1. The number of aliphatic hydroxyl groups is 1. The van der Waals surface area contributed by atoms with Crippen molar-refractivity contribution in [2.24, 2.45) is 17.8 Å². The Hall–Kier alpha value is -2.59. The van der Waals surface area contributed by atoms with Crippen LogP contribution in [0.25, 0.3) is 6.20 Å². The lowest BCUT2D eigenvalue weighted by Crippen LogP contribution is -2.61. The van der Waals surface area contributed by atoms with Crippen molar-refractivity contribution in [1.29, 1.82) is 0 Å². The average Bonchev–Trinajstić information content (AvgIpc) is 3.21. The van der Waals surface area contributed by atoms with E-state index in [1.807, 2.05) is 25.8 Å². The van der Waals surface area contributed by atoms with Crippen molar-refractivity contribution in [3.63, 3.8) is 0 Å². The number of hydrogen-bond acceptors (Lipinski definition) is 7. The third kappa shape index (κ3) is 5.48. The summed E-state index contributed by atoms with van der Waals surface area (Å²) in [5.41, 5.74) is -0.742. The van der Waals surface area contributed by atoms with Crippen LogP contribution in [0.4, 0.5) is 10.6 Å². The molecule has 4 aliphatic carbocycles. The second-order valence-corrected chi connectivity index (χ2v) is 11.1. The van der Waals surface area contributed by atoms with Gasteiger partial charge in [0.05, 0.1) is 31.1 Å². The minimum Gasteiger partial charge on any atom is -0.453 e. The van der Waals surface area contributed by atoms with Crippen molar-refractivity contribution < 1.29 is 24.2 Å². The average molecular weight is 490 g/mol. The number of amides is 2. The minimum atomic E-state index is -0.690. The van der Waals surface area contributed by atoms with Crippen molar-refractivity contribution >= 4 is 24.0 Å². The van der Waals surface area contributed by atoms with Gasteiger partial charge in [-0.2, -0.15) is 5.10 Å². The van der Waals surface area contributed by atoms with Gasteiger partial charge in [0.15, 0.2) is 0 Å². The van der Waals surface area contributed by atoms with Crippen LogP contribution < -0.4 is 15.5 Å². The zero-order valence-corrected chi connectivity index (χ0v) is 21.4. The quantitative estimate of drug-likeness (QED) is 0.487. The summed E-state index contributed by atoms with van der Waals surface area (Å²) in [5, 5.41) is 21.4. The summed E-state index contributed by atoms with van der Waals surface area (Å²) in [6.07, 6.45) is 9.21. The lowest BCUT2D eigenvalue weighted by Gasteiger charge is -2.58. The Morgan fingerprint density at radius 3 is 2.57 bits per heavy atom. The molecule has 5 rings (SSSR count). The van der Waals surface area contributed by atoms with Crippen molar-refractivity contribution in [2.75, 3.05) is 39.3 Å². The molecular weight excluding hydrogens is 450 g/mol. The second kappa shape index (κ2) is 9.81. The molecular formula is C25H39N5O5. The zero-order valence-electron chi connectivity index (χ0n) is 21.4. The van der Waals surface area contributed by atoms with E-state index in [1.54, 1.807) is 30.3 Å². The van der Waals surface area contributed by atoms with Crippen LogP contribution >= 0.6 is 0 Å². The van der Waals surface area contributed by atoms with Gasteiger partial charge >= 0.3 is 6.09 Å². The molecule has 10 nitrogen and oxygen atoms in total. The van der Waals surface area contributed by atoms with Gasteiger partial charge in [-0.3, -0.25) is 4.79 Å². The molecule has 4 fully saturated rings. The molecule has 1 heterocycles. The Balaban J connectivity index is 1.55. The first-order valence-electron chi connectivity index (χ1n) is 12.4. The van der Waals surface area contributed by atoms with Crippen molar-refractivity contribution in [3.05, 3.63) is 17.8 Å². The van der Waals surface area contributed by atoms with E-state index in [1.165, 1.54) is 7.11 Å². The van der Waals surface area contributed by atoms with Crippen LogP contribution in [-0.2, 0) is 9.47 Å². The highest BCUT2D eigenvalue weighted by atomic mass is 16.5. The van der Waals surface area contributed by atoms with Gasteiger partial charge in [0.1, 0.15) is 11.4 Å². The molecule has 2 atom stereocenters. The maximum absolute atomic E-state index is 13.5. The molecule has 2 amide bonds. The molecule has 3 N–H and O–H groups in total. The van der Waals surface area contributed by atoms with Gasteiger partial charge in [-0.25, -0.2) is 9.48 Å². The summed E-state index contributed by atoms with van der Waals surface area (Å²) < 4.78 is 11.6. The number of likely N-dealkylation sites (N-methyl/N-ethyl adjacent to an activating group) is 1. The smallest absolute Gasteiger partial charge is 0.407 e. The molecule has 4 saturated carbocycles. The highest BCUT2D eigenvalue weighted by molar-refractivity contribution is 5.99. The monoisotopic (exact) mass is 489 g/mol. The molecule has 0 radical (unpaired) electrons. The van der Waals surface area contributed by atoms with Gasteiger partial charge in [0.2, 0.25) is 0 Å². The molecule has 194 valence electrons. The molecule has 4 bridgehead atoms. The standard InChI is InChI=1S/C25H39N5O5/c1-24(2,28-23(32)35-5)6-7-30-22(29(3)8-9-34-4)19(15-26-30)21(31)27-20-17-10-16-11-18(20)14-25(33,12-16)13-17/h6-7,15-18,20,33H,8-14H2,1-5H3,(H,27,31)(H,28,32). The van der Waals surface area contributed by atoms with E-state index in [0.29, 0.717) is 42.3 Å². The molecule has 0 aliphatic heterocycles. The van der Waals surface area contributed by atoms with Gasteiger partial charge in [-0.05, 0) is 69.8 Å². The van der Waals surface area contributed by atoms with E-state index in [9.17, 15) is 14.7 Å². The third-order valence-corrected chi connectivity index (χ3v) is 7.79. The molecule has 4 aliphatic rings. The summed E-state index contributed by atoms with van der Waals surface area (Å²) in [7, 11) is 4.85. The summed E-state index contributed by atoms with van der Waals surface area (Å²) >= 11 is 0. The number of carbonyl (C=O) groups excluding carboxylic acids is 2. The van der Waals surface area contributed by atoms with E-state index < -0.39 is 17.2 Å². The van der Waals surface area contributed by atoms with Crippen LogP contribution in [0, 0.1) is 17.8 Å². The SMILES string of the molecule is COCCN(C)c1c(C(=O)NC2C3CC4CC2CC(O)(C4)C3)cnn1C=CC(C)(C)NC(=O)OC. The first kappa shape index (κ1) is 25.5. The maximum atomic E-state index is 13.5. The zero-order chi connectivity index (χ0) is 25.4. The topological polar surface area (TPSA) is 118 Å². The van der Waals surface area contributed by atoms with Crippen LogP contribution in [0.3, 0.4) is 0 Å². The molecule has 0 spiro atoms. The number of rotatable bonds is 9. The van der Waals surface area contributed by atoms with E-state index in [2.05, 4.69) is 15.7 Å². The second-order valence-electron chi connectivity index (χ2n) is 11.1. The van der Waals surface area contributed by atoms with Crippen LogP contribution in [0.5, 0.6) is 0 Å². The Bertz CT molecular complexity index is 957. The van der Waals surface area contributed by atoms with E-state index in [0.717, 1.165) is 32.1 Å². The van der Waals surface area contributed by atoms with Gasteiger partial charge in [0, 0.05) is 32.9 Å². The lowest BCUT2D eigenvalue weighted by molar-refractivity contribution is -0.136. The van der Waals surface area contributed by atoms with E-state index in [-0.39, 0.29) is 11.9 Å². The number of methoxy groups -OCH3 is 2. The largest absolute Gasteiger partial charge is 0.453 e. The van der Waals surface area contributed by atoms with Crippen molar-refractivity contribution in [3.8, 4) is 0 Å². The number of nitrogens with zero attached hydrogens (tertiary/aromatic N) is 3. The fourth-order valence-corrected chi connectivity index (χ4v) is 6.40. The van der Waals surface area contributed by atoms with E-state index in [4.69, 9.17) is 9.47 Å². The Labute approximate surface area is 207 Å². The fourth-order valence-electron chi connectivity index (χ4n) is 6.40. The highest BCUT2D eigenvalue weighted by Crippen LogP contribution is 2.55. The summed E-state index contributed by atoms with van der Waals surface area (Å²) in [6, 6.07) is 0.0820. The maximum Gasteiger partial charge on any atom is 0.407 e. The molecule has 0 aromatic carbocycles. The van der Waals surface area contributed by atoms with Crippen LogP contribution in [0.15, 0.2) is 12.3 Å². The number of aromatic nitrogens is 2. The first-order valence-corrected chi connectivity index (χ1v) is 12.4. The van der Waals surface area contributed by atoms with Gasteiger partial charge in [0.25, 0.3) is 5.91 Å².